The van der Waals surface area contributed by atoms with Gasteiger partial charge in [0.1, 0.15) is 12.1 Å². The Kier molecular flexibility index (Phi) is 3.06. The van der Waals surface area contributed by atoms with Crippen LogP contribution in [0.15, 0.2) is 23.3 Å². The van der Waals surface area contributed by atoms with Crippen LogP contribution in [0.5, 0.6) is 0 Å². The fourth-order valence-corrected chi connectivity index (χ4v) is 1.67. The molecule has 90 valence electrons. The molecule has 0 N–H and O–H groups in total. The van der Waals surface area contributed by atoms with Gasteiger partial charge in [0.2, 0.25) is 0 Å². The minimum absolute atomic E-state index is 0.00983. The maximum Gasteiger partial charge on any atom is 0.276 e. The lowest BCUT2D eigenvalue weighted by Crippen LogP contribution is -2.26. The Balaban J connectivity index is 2.39. The molecule has 0 amide bonds. The molecule has 0 saturated carbocycles. The molecule has 2 aromatic rings. The number of aryl methyl sites for hydroxylation is 1. The average Bonchev–Trinajstić information content (AvgIpc) is 2.64. The van der Waals surface area contributed by atoms with Crippen molar-refractivity contribution in [3.63, 3.8) is 0 Å². The molecule has 2 rings (SSSR count). The lowest BCUT2D eigenvalue weighted by atomic mass is 10.4. The van der Waals surface area contributed by atoms with Crippen molar-refractivity contribution in [1.29, 1.82) is 0 Å². The Morgan fingerprint density at radius 3 is 2.94 bits per heavy atom. The van der Waals surface area contributed by atoms with Crippen LogP contribution in [0.1, 0.15) is 5.69 Å². The Morgan fingerprint density at radius 1 is 1.47 bits per heavy atom. The van der Waals surface area contributed by atoms with Gasteiger partial charge < -0.3 is 9.30 Å². The van der Waals surface area contributed by atoms with E-state index in [1.807, 2.05) is 6.92 Å². The van der Waals surface area contributed by atoms with Crippen molar-refractivity contribution >= 4 is 11.3 Å². The Hall–Kier alpha value is -1.95. The van der Waals surface area contributed by atoms with Gasteiger partial charge in [-0.05, 0) is 13.0 Å². The first kappa shape index (κ1) is 11.5. The first-order valence-electron chi connectivity index (χ1n) is 5.18. The molecule has 0 unspecified atom stereocenters. The third-order valence-electron chi connectivity index (χ3n) is 2.38. The highest BCUT2D eigenvalue weighted by atomic mass is 16.5. The molecule has 0 aliphatic heterocycles. The molecule has 0 aliphatic carbocycles. The third kappa shape index (κ3) is 2.26. The first-order valence-corrected chi connectivity index (χ1v) is 5.18. The lowest BCUT2D eigenvalue weighted by molar-refractivity contribution is -0.123. The van der Waals surface area contributed by atoms with Crippen molar-refractivity contribution in [2.45, 2.75) is 13.5 Å². The molecule has 2 aromatic heterocycles. The van der Waals surface area contributed by atoms with Crippen LogP contribution in [0.4, 0.5) is 0 Å². The maximum absolute atomic E-state index is 12.0. The van der Waals surface area contributed by atoms with Gasteiger partial charge in [-0.15, -0.1) is 0 Å². The topological polar surface area (TPSA) is 65.6 Å². The second kappa shape index (κ2) is 4.50. The molecule has 0 saturated heterocycles. The fourth-order valence-electron chi connectivity index (χ4n) is 1.67. The van der Waals surface area contributed by atoms with Crippen molar-refractivity contribution in [2.24, 2.45) is 0 Å². The zero-order valence-electron chi connectivity index (χ0n) is 9.71. The fraction of sp³-hybridized carbons (Fsp3) is 0.364. The highest BCUT2D eigenvalue weighted by Crippen LogP contribution is 1.99. The van der Waals surface area contributed by atoms with E-state index in [1.54, 1.807) is 18.5 Å². The molecule has 6 heteroatoms. The summed E-state index contributed by atoms with van der Waals surface area (Å²) in [5, 5.41) is 4.12. The summed E-state index contributed by atoms with van der Waals surface area (Å²) < 4.78 is 7.59. The van der Waals surface area contributed by atoms with Gasteiger partial charge in [0.05, 0.1) is 12.2 Å². The number of hydrogen-bond donors (Lipinski definition) is 0. The third-order valence-corrected chi connectivity index (χ3v) is 2.38. The summed E-state index contributed by atoms with van der Waals surface area (Å²) in [5.41, 5.74) is 1.01. The maximum atomic E-state index is 12.0. The van der Waals surface area contributed by atoms with Gasteiger partial charge in [-0.2, -0.15) is 5.10 Å². The highest BCUT2D eigenvalue weighted by Gasteiger charge is 2.08. The minimum atomic E-state index is -0.224. The summed E-state index contributed by atoms with van der Waals surface area (Å²) in [6, 6.07) is 1.69. The summed E-state index contributed by atoms with van der Waals surface area (Å²) >= 11 is 0. The lowest BCUT2D eigenvalue weighted by Gasteiger charge is -2.04. The molecule has 0 aliphatic rings. The van der Waals surface area contributed by atoms with E-state index >= 15 is 0 Å². The summed E-state index contributed by atoms with van der Waals surface area (Å²) in [4.78, 5) is 23.4. The summed E-state index contributed by atoms with van der Waals surface area (Å²) in [5.74, 6) is -0.143. The number of Topliss-reactive ketones (excluding diaryl/α,β-unsaturated/α-hetero) is 1. The number of ketones is 1. The number of ether oxygens (including phenoxy) is 1. The first-order chi connectivity index (χ1) is 8.11. The predicted molar refractivity (Wildman–Crippen MR) is 61.1 cm³/mol. The second-order valence-corrected chi connectivity index (χ2v) is 3.82. The number of methoxy groups -OCH3 is 1. The van der Waals surface area contributed by atoms with Gasteiger partial charge in [-0.1, -0.05) is 0 Å². The van der Waals surface area contributed by atoms with Crippen molar-refractivity contribution < 1.29 is 9.53 Å². The number of nitrogens with zero attached hydrogens (tertiary/aromatic N) is 3. The molecule has 0 atom stereocenters. The normalized spacial score (nSPS) is 10.9. The number of fused-ring (bicyclic) bond motifs is 1. The molecule has 0 fully saturated rings. The molecule has 6 nitrogen and oxygen atoms in total. The van der Waals surface area contributed by atoms with E-state index in [9.17, 15) is 9.59 Å². The van der Waals surface area contributed by atoms with Crippen LogP contribution >= 0.6 is 0 Å². The number of hydrogen-bond acceptors (Lipinski definition) is 4. The van der Waals surface area contributed by atoms with Gasteiger partial charge in [0, 0.05) is 19.5 Å². The largest absolute Gasteiger partial charge is 0.377 e. The standard InChI is InChI=1S/C11H13N3O3/c1-8-5-10-11(16)13(3-4-14(10)12-8)6-9(15)7-17-2/h3-5H,6-7H2,1-2H3. The average molecular weight is 235 g/mol. The molecular weight excluding hydrogens is 222 g/mol. The zero-order valence-corrected chi connectivity index (χ0v) is 9.71. The van der Waals surface area contributed by atoms with E-state index in [4.69, 9.17) is 4.74 Å². The van der Waals surface area contributed by atoms with Crippen molar-refractivity contribution in [2.75, 3.05) is 13.7 Å². The van der Waals surface area contributed by atoms with Crippen LogP contribution < -0.4 is 5.56 Å². The van der Waals surface area contributed by atoms with Gasteiger partial charge in [-0.25, -0.2) is 4.52 Å². The van der Waals surface area contributed by atoms with Crippen LogP contribution in [-0.2, 0) is 16.1 Å². The van der Waals surface area contributed by atoms with Crippen molar-refractivity contribution in [3.05, 3.63) is 34.5 Å². The second-order valence-electron chi connectivity index (χ2n) is 3.82. The number of carbonyl (C=O) groups excluding carboxylic acids is 1. The Morgan fingerprint density at radius 2 is 2.24 bits per heavy atom. The van der Waals surface area contributed by atoms with Gasteiger partial charge in [0.25, 0.3) is 5.56 Å². The van der Waals surface area contributed by atoms with Crippen LogP contribution in [0.2, 0.25) is 0 Å². The van der Waals surface area contributed by atoms with E-state index in [2.05, 4.69) is 5.10 Å². The molecule has 2 heterocycles. The van der Waals surface area contributed by atoms with E-state index < -0.39 is 0 Å². The van der Waals surface area contributed by atoms with E-state index in [0.717, 1.165) is 5.69 Å². The van der Waals surface area contributed by atoms with Crippen LogP contribution in [0, 0.1) is 6.92 Å². The smallest absolute Gasteiger partial charge is 0.276 e. The van der Waals surface area contributed by atoms with Crippen LogP contribution in [0.3, 0.4) is 0 Å². The Labute approximate surface area is 97.4 Å². The molecule has 17 heavy (non-hydrogen) atoms. The SMILES string of the molecule is COCC(=O)Cn1ccn2nc(C)cc2c1=O. The van der Waals surface area contributed by atoms with Crippen LogP contribution in [0.25, 0.3) is 5.52 Å². The predicted octanol–water partition coefficient (Wildman–Crippen LogP) is 0.0199. The van der Waals surface area contributed by atoms with Gasteiger partial charge in [0.15, 0.2) is 5.78 Å². The van der Waals surface area contributed by atoms with Crippen LogP contribution in [-0.4, -0.2) is 33.7 Å². The van der Waals surface area contributed by atoms with Gasteiger partial charge in [-0.3, -0.25) is 9.59 Å². The molecular formula is C11H13N3O3. The number of aromatic nitrogens is 3. The van der Waals surface area contributed by atoms with E-state index in [1.165, 1.54) is 16.2 Å². The zero-order chi connectivity index (χ0) is 12.4. The minimum Gasteiger partial charge on any atom is -0.377 e. The summed E-state index contributed by atoms with van der Waals surface area (Å²) in [6.07, 6.45) is 3.21. The summed E-state index contributed by atoms with van der Waals surface area (Å²) in [7, 11) is 1.45. The number of carbonyl (C=O) groups is 1. The highest BCUT2D eigenvalue weighted by molar-refractivity contribution is 5.79. The quantitative estimate of drug-likeness (QED) is 0.749. The van der Waals surface area contributed by atoms with Crippen molar-refractivity contribution in [1.82, 2.24) is 14.2 Å². The molecule has 0 bridgehead atoms. The summed E-state index contributed by atoms with van der Waals surface area (Å²) in [6.45, 7) is 1.84. The number of rotatable bonds is 4. The Bertz CT molecular complexity index is 612. The van der Waals surface area contributed by atoms with Crippen molar-refractivity contribution in [3.8, 4) is 0 Å². The molecule has 0 radical (unpaired) electrons. The van der Waals surface area contributed by atoms with Gasteiger partial charge >= 0.3 is 0 Å². The molecule has 0 aromatic carbocycles. The monoisotopic (exact) mass is 235 g/mol. The van der Waals surface area contributed by atoms with E-state index in [-0.39, 0.29) is 24.5 Å². The van der Waals surface area contributed by atoms with E-state index in [0.29, 0.717) is 5.52 Å². The molecule has 0 spiro atoms.